The van der Waals surface area contributed by atoms with Crippen LogP contribution in [0.2, 0.25) is 0 Å². The van der Waals surface area contributed by atoms with E-state index in [4.69, 9.17) is 5.73 Å². The van der Waals surface area contributed by atoms with Crippen LogP contribution in [0, 0.1) is 6.92 Å². The maximum absolute atomic E-state index is 12.8. The molecule has 3 nitrogen and oxygen atoms in total. The third-order valence-corrected chi connectivity index (χ3v) is 4.70. The highest BCUT2D eigenvalue weighted by Crippen LogP contribution is 2.25. The van der Waals surface area contributed by atoms with Gasteiger partial charge >= 0.3 is 0 Å². The zero-order valence-electron chi connectivity index (χ0n) is 12.2. The minimum atomic E-state index is 0.151. The summed E-state index contributed by atoms with van der Waals surface area (Å²) in [5, 5.41) is 0. The van der Waals surface area contributed by atoms with Crippen LogP contribution in [0.25, 0.3) is 0 Å². The lowest BCUT2D eigenvalue weighted by molar-refractivity contribution is 0.0640. The maximum Gasteiger partial charge on any atom is 0.254 e. The second-order valence-electron chi connectivity index (χ2n) is 5.62. The average molecular weight is 339 g/mol. The van der Waals surface area contributed by atoms with Crippen LogP contribution >= 0.6 is 15.9 Å². The largest absolute Gasteiger partial charge is 0.336 e. The minimum Gasteiger partial charge on any atom is -0.336 e. The van der Waals surface area contributed by atoms with Gasteiger partial charge in [0.25, 0.3) is 5.91 Å². The first-order valence-corrected chi connectivity index (χ1v) is 8.15. The molecule has 2 rings (SSSR count). The van der Waals surface area contributed by atoms with Crippen molar-refractivity contribution < 1.29 is 4.79 Å². The van der Waals surface area contributed by atoms with Crippen molar-refractivity contribution in [3.63, 3.8) is 0 Å². The Kier molecular flexibility index (Phi) is 5.22. The van der Waals surface area contributed by atoms with E-state index in [2.05, 4.69) is 22.9 Å². The van der Waals surface area contributed by atoms with Gasteiger partial charge in [0.15, 0.2) is 0 Å². The van der Waals surface area contributed by atoms with Crippen molar-refractivity contribution >= 4 is 21.8 Å². The van der Waals surface area contributed by atoms with Crippen molar-refractivity contribution in [1.82, 2.24) is 4.90 Å². The summed E-state index contributed by atoms with van der Waals surface area (Å²) < 4.78 is 1.01. The Labute approximate surface area is 129 Å². The van der Waals surface area contributed by atoms with Gasteiger partial charge in [-0.1, -0.05) is 15.9 Å². The molecule has 1 aromatic carbocycles. The van der Waals surface area contributed by atoms with E-state index in [1.54, 1.807) is 0 Å². The van der Waals surface area contributed by atoms with E-state index < -0.39 is 0 Å². The molecule has 0 saturated heterocycles. The first kappa shape index (κ1) is 15.5. The zero-order chi connectivity index (χ0) is 14.7. The lowest BCUT2D eigenvalue weighted by atomic mass is 9.90. The molecule has 0 radical (unpaired) electrons. The van der Waals surface area contributed by atoms with Gasteiger partial charge in [0.2, 0.25) is 0 Å². The summed E-state index contributed by atoms with van der Waals surface area (Å²) in [5.74, 6) is 0.151. The topological polar surface area (TPSA) is 46.3 Å². The summed E-state index contributed by atoms with van der Waals surface area (Å²) in [6.45, 7) is 4.80. The fourth-order valence-corrected chi connectivity index (χ4v) is 3.48. The number of nitrogens with zero attached hydrogens (tertiary/aromatic N) is 1. The van der Waals surface area contributed by atoms with Gasteiger partial charge in [-0.05, 0) is 63.3 Å². The summed E-state index contributed by atoms with van der Waals surface area (Å²) in [6.07, 6.45) is 4.09. The molecule has 1 saturated carbocycles. The number of hydrogen-bond donors (Lipinski definition) is 1. The third kappa shape index (κ3) is 3.41. The lowest BCUT2D eigenvalue weighted by Gasteiger charge is -2.35. The number of amides is 1. The van der Waals surface area contributed by atoms with Gasteiger partial charge in [-0.2, -0.15) is 0 Å². The average Bonchev–Trinajstić information content (AvgIpc) is 2.41. The van der Waals surface area contributed by atoms with E-state index in [0.717, 1.165) is 47.8 Å². The van der Waals surface area contributed by atoms with Gasteiger partial charge < -0.3 is 10.6 Å². The SMILES string of the molecule is CCN(C(=O)c1ccc(Br)cc1C)C1CCC(N)CC1. The van der Waals surface area contributed by atoms with Crippen LogP contribution in [0.4, 0.5) is 0 Å². The number of rotatable bonds is 3. The van der Waals surface area contributed by atoms with Crippen LogP contribution in [0.1, 0.15) is 48.5 Å². The molecule has 1 aliphatic carbocycles. The summed E-state index contributed by atoms with van der Waals surface area (Å²) in [6, 6.07) is 6.51. The zero-order valence-corrected chi connectivity index (χ0v) is 13.8. The second kappa shape index (κ2) is 6.72. The molecule has 1 fully saturated rings. The monoisotopic (exact) mass is 338 g/mol. The number of halogens is 1. The molecule has 0 spiro atoms. The highest BCUT2D eigenvalue weighted by molar-refractivity contribution is 9.10. The Morgan fingerprint density at radius 2 is 2.00 bits per heavy atom. The molecule has 0 aliphatic heterocycles. The predicted molar refractivity (Wildman–Crippen MR) is 85.8 cm³/mol. The van der Waals surface area contributed by atoms with Gasteiger partial charge in [-0.3, -0.25) is 4.79 Å². The number of carbonyl (C=O) groups is 1. The van der Waals surface area contributed by atoms with Crippen LogP contribution in [0.5, 0.6) is 0 Å². The van der Waals surface area contributed by atoms with Crippen molar-refractivity contribution in [3.05, 3.63) is 33.8 Å². The first-order chi connectivity index (χ1) is 9.52. The summed E-state index contributed by atoms with van der Waals surface area (Å²) >= 11 is 3.44. The normalized spacial score (nSPS) is 22.6. The van der Waals surface area contributed by atoms with E-state index >= 15 is 0 Å². The molecule has 20 heavy (non-hydrogen) atoms. The fraction of sp³-hybridized carbons (Fsp3) is 0.562. The standard InChI is InChI=1S/C16H23BrN2O/c1-3-19(14-7-5-13(18)6-8-14)16(20)15-9-4-12(17)10-11(15)2/h4,9-10,13-14H,3,5-8,18H2,1-2H3. The molecule has 110 valence electrons. The molecule has 2 N–H and O–H groups in total. The number of benzene rings is 1. The number of nitrogens with two attached hydrogens (primary N) is 1. The molecule has 0 bridgehead atoms. The number of hydrogen-bond acceptors (Lipinski definition) is 2. The minimum absolute atomic E-state index is 0.151. The summed E-state index contributed by atoms with van der Waals surface area (Å²) in [7, 11) is 0. The van der Waals surface area contributed by atoms with Crippen LogP contribution in [0.15, 0.2) is 22.7 Å². The van der Waals surface area contributed by atoms with Crippen LogP contribution in [-0.4, -0.2) is 29.4 Å². The first-order valence-electron chi connectivity index (χ1n) is 7.35. The molecular weight excluding hydrogens is 316 g/mol. The molecule has 4 heteroatoms. The van der Waals surface area contributed by atoms with Crippen molar-refractivity contribution in [2.24, 2.45) is 5.73 Å². The van der Waals surface area contributed by atoms with Crippen molar-refractivity contribution in [2.75, 3.05) is 6.54 Å². The van der Waals surface area contributed by atoms with Crippen LogP contribution in [-0.2, 0) is 0 Å². The Morgan fingerprint density at radius 3 is 2.55 bits per heavy atom. The van der Waals surface area contributed by atoms with Gasteiger partial charge in [-0.15, -0.1) is 0 Å². The van der Waals surface area contributed by atoms with Crippen molar-refractivity contribution in [3.8, 4) is 0 Å². The molecule has 0 heterocycles. The van der Waals surface area contributed by atoms with E-state index in [1.807, 2.05) is 30.0 Å². The molecule has 0 atom stereocenters. The van der Waals surface area contributed by atoms with Crippen LogP contribution in [0.3, 0.4) is 0 Å². The van der Waals surface area contributed by atoms with Gasteiger partial charge in [0.05, 0.1) is 0 Å². The molecular formula is C16H23BrN2O. The highest BCUT2D eigenvalue weighted by Gasteiger charge is 2.27. The highest BCUT2D eigenvalue weighted by atomic mass is 79.9. The molecule has 1 aliphatic rings. The number of aryl methyl sites for hydroxylation is 1. The maximum atomic E-state index is 12.8. The Morgan fingerprint density at radius 1 is 1.35 bits per heavy atom. The van der Waals surface area contributed by atoms with E-state index in [1.165, 1.54) is 0 Å². The molecule has 0 aromatic heterocycles. The molecule has 0 unspecified atom stereocenters. The van der Waals surface area contributed by atoms with Gasteiger partial charge in [-0.25, -0.2) is 0 Å². The van der Waals surface area contributed by atoms with Gasteiger partial charge in [0.1, 0.15) is 0 Å². The smallest absolute Gasteiger partial charge is 0.254 e. The Bertz CT molecular complexity index is 481. The van der Waals surface area contributed by atoms with E-state index in [-0.39, 0.29) is 5.91 Å². The van der Waals surface area contributed by atoms with E-state index in [0.29, 0.717) is 12.1 Å². The van der Waals surface area contributed by atoms with Crippen molar-refractivity contribution in [1.29, 1.82) is 0 Å². The Balaban J connectivity index is 2.16. The summed E-state index contributed by atoms with van der Waals surface area (Å²) in [4.78, 5) is 14.8. The molecule has 1 amide bonds. The second-order valence-corrected chi connectivity index (χ2v) is 6.53. The van der Waals surface area contributed by atoms with Crippen molar-refractivity contribution in [2.45, 2.75) is 51.6 Å². The van der Waals surface area contributed by atoms with Crippen LogP contribution < -0.4 is 5.73 Å². The Hall–Kier alpha value is -0.870. The quantitative estimate of drug-likeness (QED) is 0.916. The fourth-order valence-electron chi connectivity index (χ4n) is 3.00. The predicted octanol–water partition coefficient (Wildman–Crippen LogP) is 3.49. The molecule has 1 aromatic rings. The third-order valence-electron chi connectivity index (χ3n) is 4.20. The van der Waals surface area contributed by atoms with E-state index in [9.17, 15) is 4.79 Å². The van der Waals surface area contributed by atoms with Gasteiger partial charge in [0, 0.05) is 28.7 Å². The lowest BCUT2D eigenvalue weighted by Crippen LogP contribution is -2.44. The summed E-state index contributed by atoms with van der Waals surface area (Å²) in [5.41, 5.74) is 7.79. The number of carbonyl (C=O) groups excluding carboxylic acids is 1.